The number of nitrogens with zero attached hydrogens (tertiary/aromatic N) is 3. The molecule has 4 rings (SSSR count). The van der Waals surface area contributed by atoms with E-state index in [9.17, 15) is 9.59 Å². The van der Waals surface area contributed by atoms with Gasteiger partial charge in [0.15, 0.2) is 6.61 Å². The fourth-order valence-corrected chi connectivity index (χ4v) is 3.96. The molecule has 0 N–H and O–H groups in total. The lowest BCUT2D eigenvalue weighted by molar-refractivity contribution is -0.159. The number of anilines is 1. The molecule has 2 aliphatic rings. The first-order chi connectivity index (χ1) is 13.6. The van der Waals surface area contributed by atoms with Crippen LogP contribution in [0.5, 0.6) is 5.75 Å². The molecule has 1 aromatic carbocycles. The number of fused-ring (bicyclic) bond motifs is 1. The molecule has 28 heavy (non-hydrogen) atoms. The molecule has 2 saturated heterocycles. The van der Waals surface area contributed by atoms with Crippen molar-refractivity contribution in [3.8, 4) is 5.75 Å². The van der Waals surface area contributed by atoms with Crippen molar-refractivity contribution in [1.29, 1.82) is 0 Å². The van der Waals surface area contributed by atoms with Crippen LogP contribution in [-0.4, -0.2) is 59.6 Å². The molecule has 2 atom stereocenters. The smallest absolute Gasteiger partial charge is 0.260 e. The number of pyridine rings is 1. The van der Waals surface area contributed by atoms with Crippen LogP contribution in [0.2, 0.25) is 0 Å². The molecule has 146 valence electrons. The minimum absolute atomic E-state index is 0.0100. The van der Waals surface area contributed by atoms with Gasteiger partial charge in [0.1, 0.15) is 18.0 Å². The molecule has 0 saturated carbocycles. The third-order valence-electron chi connectivity index (χ3n) is 5.37. The summed E-state index contributed by atoms with van der Waals surface area (Å²) in [4.78, 5) is 32.8. The Morgan fingerprint density at radius 2 is 2.11 bits per heavy atom. The second kappa shape index (κ2) is 7.59. The van der Waals surface area contributed by atoms with E-state index in [0.717, 1.165) is 5.69 Å². The Morgan fingerprint density at radius 1 is 1.29 bits per heavy atom. The van der Waals surface area contributed by atoms with Gasteiger partial charge in [0.05, 0.1) is 18.8 Å². The van der Waals surface area contributed by atoms with Crippen LogP contribution in [0.25, 0.3) is 0 Å². The predicted octanol–water partition coefficient (Wildman–Crippen LogP) is 1.88. The minimum Gasteiger partial charge on any atom is -0.482 e. The first-order valence-corrected chi connectivity index (χ1v) is 9.38. The number of carbonyl (C=O) groups excluding carboxylic acids is 2. The van der Waals surface area contributed by atoms with Crippen LogP contribution in [0.4, 0.5) is 5.69 Å². The number of piperidine rings is 1. The molecule has 0 radical (unpaired) electrons. The molecule has 0 spiro atoms. The highest BCUT2D eigenvalue weighted by atomic mass is 16.5. The van der Waals surface area contributed by atoms with Gasteiger partial charge in [0, 0.05) is 18.4 Å². The van der Waals surface area contributed by atoms with E-state index in [-0.39, 0.29) is 31.1 Å². The zero-order valence-corrected chi connectivity index (χ0v) is 15.8. The first-order valence-electron chi connectivity index (χ1n) is 9.38. The SMILES string of the molecule is C[C@@]12CN(C(=O)COc3cccnc3)CC[C@H]1N(c1ccccc1)C(=O)CO2. The number of ether oxygens (including phenoxy) is 2. The summed E-state index contributed by atoms with van der Waals surface area (Å²) in [5, 5.41) is 0. The quantitative estimate of drug-likeness (QED) is 0.809. The minimum atomic E-state index is -0.619. The Balaban J connectivity index is 1.45. The number of amides is 2. The lowest BCUT2D eigenvalue weighted by atomic mass is 9.85. The largest absolute Gasteiger partial charge is 0.482 e. The molecule has 2 aromatic rings. The van der Waals surface area contributed by atoms with E-state index in [1.807, 2.05) is 42.2 Å². The van der Waals surface area contributed by atoms with Crippen molar-refractivity contribution >= 4 is 17.5 Å². The first kappa shape index (κ1) is 18.4. The Labute approximate surface area is 163 Å². The van der Waals surface area contributed by atoms with Gasteiger partial charge in [0.25, 0.3) is 11.8 Å². The van der Waals surface area contributed by atoms with Crippen LogP contribution >= 0.6 is 0 Å². The van der Waals surface area contributed by atoms with Gasteiger partial charge >= 0.3 is 0 Å². The summed E-state index contributed by atoms with van der Waals surface area (Å²) < 4.78 is 11.5. The highest BCUT2D eigenvalue weighted by Gasteiger charge is 2.50. The van der Waals surface area contributed by atoms with E-state index in [1.54, 1.807) is 29.4 Å². The molecule has 2 fully saturated rings. The normalized spacial score (nSPS) is 24.6. The number of para-hydroxylation sites is 1. The highest BCUT2D eigenvalue weighted by Crippen LogP contribution is 2.35. The van der Waals surface area contributed by atoms with Crippen molar-refractivity contribution in [2.45, 2.75) is 25.0 Å². The average Bonchev–Trinajstić information content (AvgIpc) is 2.73. The standard InChI is InChI=1S/C21H23N3O4/c1-21-15-23(19(25)13-27-17-8-5-10-22-12-17)11-9-18(21)24(20(26)14-28-21)16-6-3-2-4-7-16/h2-8,10,12,18H,9,11,13-15H2,1H3/t18-,21-/m1/s1. The molecule has 0 bridgehead atoms. The van der Waals surface area contributed by atoms with Crippen molar-refractivity contribution in [3.63, 3.8) is 0 Å². The maximum absolute atomic E-state index is 12.6. The number of likely N-dealkylation sites (tertiary alicyclic amines) is 1. The Bertz CT molecular complexity index is 845. The van der Waals surface area contributed by atoms with E-state index >= 15 is 0 Å². The number of hydrogen-bond acceptors (Lipinski definition) is 5. The average molecular weight is 381 g/mol. The number of carbonyl (C=O) groups is 2. The maximum atomic E-state index is 12.6. The molecule has 2 amide bonds. The van der Waals surface area contributed by atoms with Gasteiger partial charge < -0.3 is 19.3 Å². The van der Waals surface area contributed by atoms with Gasteiger partial charge in [-0.25, -0.2) is 0 Å². The van der Waals surface area contributed by atoms with Crippen LogP contribution in [0.15, 0.2) is 54.9 Å². The van der Waals surface area contributed by atoms with E-state index in [4.69, 9.17) is 9.47 Å². The summed E-state index contributed by atoms with van der Waals surface area (Å²) in [7, 11) is 0. The Morgan fingerprint density at radius 3 is 2.86 bits per heavy atom. The molecular formula is C21H23N3O4. The highest BCUT2D eigenvalue weighted by molar-refractivity contribution is 5.96. The Hall–Kier alpha value is -2.93. The summed E-state index contributed by atoms with van der Waals surface area (Å²) in [6.45, 7) is 2.91. The van der Waals surface area contributed by atoms with E-state index in [0.29, 0.717) is 25.3 Å². The lowest BCUT2D eigenvalue weighted by Crippen LogP contribution is -2.68. The van der Waals surface area contributed by atoms with Crippen LogP contribution < -0.4 is 9.64 Å². The molecule has 3 heterocycles. The van der Waals surface area contributed by atoms with Gasteiger partial charge in [-0.1, -0.05) is 18.2 Å². The zero-order valence-electron chi connectivity index (χ0n) is 15.8. The lowest BCUT2D eigenvalue weighted by Gasteiger charge is -2.52. The van der Waals surface area contributed by atoms with Crippen LogP contribution in [0, 0.1) is 0 Å². The zero-order chi connectivity index (χ0) is 19.6. The van der Waals surface area contributed by atoms with E-state index in [1.165, 1.54) is 0 Å². The van der Waals surface area contributed by atoms with E-state index < -0.39 is 5.60 Å². The van der Waals surface area contributed by atoms with Crippen LogP contribution in [-0.2, 0) is 14.3 Å². The van der Waals surface area contributed by atoms with Crippen LogP contribution in [0.3, 0.4) is 0 Å². The molecule has 7 heteroatoms. The van der Waals surface area contributed by atoms with E-state index in [2.05, 4.69) is 4.98 Å². The van der Waals surface area contributed by atoms with Crippen molar-refractivity contribution < 1.29 is 19.1 Å². The fourth-order valence-electron chi connectivity index (χ4n) is 3.96. The molecule has 1 aromatic heterocycles. The summed E-state index contributed by atoms with van der Waals surface area (Å²) in [5.74, 6) is 0.412. The topological polar surface area (TPSA) is 72.0 Å². The molecule has 7 nitrogen and oxygen atoms in total. The molecule has 0 unspecified atom stereocenters. The number of rotatable bonds is 4. The van der Waals surface area contributed by atoms with Crippen molar-refractivity contribution in [2.24, 2.45) is 0 Å². The predicted molar refractivity (Wildman–Crippen MR) is 103 cm³/mol. The molecule has 2 aliphatic heterocycles. The summed E-state index contributed by atoms with van der Waals surface area (Å²) in [6.07, 6.45) is 3.88. The molecular weight excluding hydrogens is 358 g/mol. The second-order valence-electron chi connectivity index (χ2n) is 7.30. The summed E-state index contributed by atoms with van der Waals surface area (Å²) >= 11 is 0. The monoisotopic (exact) mass is 381 g/mol. The maximum Gasteiger partial charge on any atom is 0.260 e. The third kappa shape index (κ3) is 3.57. The summed E-state index contributed by atoms with van der Waals surface area (Å²) in [5.41, 5.74) is 0.248. The van der Waals surface area contributed by atoms with Crippen LogP contribution in [0.1, 0.15) is 13.3 Å². The van der Waals surface area contributed by atoms with Crippen molar-refractivity contribution in [1.82, 2.24) is 9.88 Å². The van der Waals surface area contributed by atoms with Gasteiger partial charge in [0.2, 0.25) is 0 Å². The van der Waals surface area contributed by atoms with Gasteiger partial charge in [-0.15, -0.1) is 0 Å². The molecule has 0 aliphatic carbocycles. The number of hydrogen-bond donors (Lipinski definition) is 0. The number of aromatic nitrogens is 1. The fraction of sp³-hybridized carbons (Fsp3) is 0.381. The summed E-state index contributed by atoms with van der Waals surface area (Å²) in [6, 6.07) is 13.1. The van der Waals surface area contributed by atoms with Gasteiger partial charge in [-0.3, -0.25) is 14.6 Å². The second-order valence-corrected chi connectivity index (χ2v) is 7.30. The van der Waals surface area contributed by atoms with Gasteiger partial charge in [-0.05, 0) is 37.6 Å². The van der Waals surface area contributed by atoms with Crippen molar-refractivity contribution in [3.05, 3.63) is 54.9 Å². The van der Waals surface area contributed by atoms with Crippen molar-refractivity contribution in [2.75, 3.05) is 31.2 Å². The Kier molecular flexibility index (Phi) is 5.00. The van der Waals surface area contributed by atoms with Gasteiger partial charge in [-0.2, -0.15) is 0 Å². The number of benzene rings is 1. The third-order valence-corrected chi connectivity index (χ3v) is 5.37. The number of morpholine rings is 1.